The third-order valence-electron chi connectivity index (χ3n) is 1.69. The quantitative estimate of drug-likeness (QED) is 0.921. The summed E-state index contributed by atoms with van der Waals surface area (Å²) in [6.07, 6.45) is 2.61. The summed E-state index contributed by atoms with van der Waals surface area (Å²) in [5.74, 6) is -0.482. The summed E-state index contributed by atoms with van der Waals surface area (Å²) in [6.45, 7) is 0. The number of hydrogen-bond acceptors (Lipinski definition) is 4. The molecule has 2 aromatic rings. The molecule has 4 nitrogen and oxygen atoms in total. The van der Waals surface area contributed by atoms with Crippen LogP contribution in [0.2, 0.25) is 0 Å². The number of hydrogen-bond donors (Lipinski definition) is 1. The Hall–Kier alpha value is -1.27. The number of nitrogens with zero attached hydrogens (tertiary/aromatic N) is 2. The van der Waals surface area contributed by atoms with Gasteiger partial charge in [0.15, 0.2) is 5.82 Å². The first-order chi connectivity index (χ1) is 7.16. The molecule has 2 aromatic heterocycles. The van der Waals surface area contributed by atoms with Crippen LogP contribution in [0.1, 0.15) is 10.4 Å². The molecular formula is C9H5BrN2O2S. The minimum atomic E-state index is -1.02. The first kappa shape index (κ1) is 10.3. The van der Waals surface area contributed by atoms with E-state index in [1.807, 2.05) is 12.1 Å². The molecule has 0 unspecified atom stereocenters. The molecule has 0 fully saturated rings. The average Bonchev–Trinajstić information content (AvgIpc) is 2.65. The average molecular weight is 285 g/mol. The Morgan fingerprint density at radius 1 is 1.33 bits per heavy atom. The maximum absolute atomic E-state index is 10.6. The third kappa shape index (κ3) is 2.21. The van der Waals surface area contributed by atoms with Crippen molar-refractivity contribution in [3.8, 4) is 10.7 Å². The molecule has 0 saturated carbocycles. The topological polar surface area (TPSA) is 63.1 Å². The van der Waals surface area contributed by atoms with Gasteiger partial charge in [0.05, 0.1) is 14.2 Å². The van der Waals surface area contributed by atoms with Gasteiger partial charge in [-0.3, -0.25) is 0 Å². The monoisotopic (exact) mass is 284 g/mol. The number of carboxylic acids is 1. The van der Waals surface area contributed by atoms with E-state index >= 15 is 0 Å². The standard InChI is InChI=1S/C9H5BrN2O2S/c10-7-2-1-6(15-7)8-11-3-5(4-12-8)9(13)14/h1-4H,(H,13,14). The van der Waals surface area contributed by atoms with E-state index in [0.29, 0.717) is 5.82 Å². The van der Waals surface area contributed by atoms with E-state index in [0.717, 1.165) is 8.66 Å². The molecule has 0 spiro atoms. The number of halogens is 1. The van der Waals surface area contributed by atoms with Gasteiger partial charge in [0, 0.05) is 12.4 Å². The minimum absolute atomic E-state index is 0.0920. The lowest BCUT2D eigenvalue weighted by Gasteiger charge is -1.95. The van der Waals surface area contributed by atoms with Crippen molar-refractivity contribution < 1.29 is 9.90 Å². The van der Waals surface area contributed by atoms with Crippen LogP contribution in [0.3, 0.4) is 0 Å². The van der Waals surface area contributed by atoms with Crippen molar-refractivity contribution in [2.45, 2.75) is 0 Å². The van der Waals surface area contributed by atoms with Crippen molar-refractivity contribution in [3.63, 3.8) is 0 Å². The van der Waals surface area contributed by atoms with Crippen molar-refractivity contribution in [1.29, 1.82) is 0 Å². The summed E-state index contributed by atoms with van der Waals surface area (Å²) < 4.78 is 0.989. The molecule has 0 aliphatic rings. The molecule has 0 aliphatic heterocycles. The molecule has 0 aliphatic carbocycles. The first-order valence-corrected chi connectivity index (χ1v) is 5.59. The van der Waals surface area contributed by atoms with E-state index in [1.165, 1.54) is 23.7 Å². The second-order valence-corrected chi connectivity index (χ2v) is 5.17. The normalized spacial score (nSPS) is 10.2. The highest BCUT2D eigenvalue weighted by atomic mass is 79.9. The van der Waals surface area contributed by atoms with Crippen LogP contribution < -0.4 is 0 Å². The van der Waals surface area contributed by atoms with Crippen LogP contribution in [0.4, 0.5) is 0 Å². The van der Waals surface area contributed by atoms with Gasteiger partial charge in [0.2, 0.25) is 0 Å². The molecule has 2 rings (SSSR count). The SMILES string of the molecule is O=C(O)c1cnc(-c2ccc(Br)s2)nc1. The Bertz CT molecular complexity index is 495. The fourth-order valence-corrected chi connectivity index (χ4v) is 2.33. The van der Waals surface area contributed by atoms with Crippen LogP contribution in [0.25, 0.3) is 10.7 Å². The summed E-state index contributed by atoms with van der Waals surface area (Å²) in [5, 5.41) is 8.67. The molecule has 0 radical (unpaired) electrons. The zero-order valence-electron chi connectivity index (χ0n) is 7.35. The smallest absolute Gasteiger partial charge is 0.338 e. The van der Waals surface area contributed by atoms with E-state index in [9.17, 15) is 4.79 Å². The van der Waals surface area contributed by atoms with Crippen LogP contribution in [-0.2, 0) is 0 Å². The molecule has 0 bridgehead atoms. The van der Waals surface area contributed by atoms with E-state index in [-0.39, 0.29) is 5.56 Å². The van der Waals surface area contributed by atoms with Crippen molar-refractivity contribution in [2.24, 2.45) is 0 Å². The van der Waals surface area contributed by atoms with E-state index in [1.54, 1.807) is 0 Å². The van der Waals surface area contributed by atoms with Gasteiger partial charge in [-0.25, -0.2) is 14.8 Å². The first-order valence-electron chi connectivity index (χ1n) is 3.98. The largest absolute Gasteiger partial charge is 0.478 e. The molecule has 15 heavy (non-hydrogen) atoms. The van der Waals surface area contributed by atoms with Gasteiger partial charge < -0.3 is 5.11 Å². The lowest BCUT2D eigenvalue weighted by Crippen LogP contribution is -1.98. The van der Waals surface area contributed by atoms with Crippen LogP contribution in [0.15, 0.2) is 28.3 Å². The van der Waals surface area contributed by atoms with E-state index in [4.69, 9.17) is 5.11 Å². The highest BCUT2D eigenvalue weighted by Gasteiger charge is 2.07. The summed E-state index contributed by atoms with van der Waals surface area (Å²) in [6, 6.07) is 3.78. The summed E-state index contributed by atoms with van der Waals surface area (Å²) >= 11 is 4.84. The van der Waals surface area contributed by atoms with Gasteiger partial charge in [0.25, 0.3) is 0 Å². The predicted molar refractivity (Wildman–Crippen MR) is 60.0 cm³/mol. The molecule has 0 aromatic carbocycles. The maximum atomic E-state index is 10.6. The molecule has 0 amide bonds. The second-order valence-electron chi connectivity index (χ2n) is 2.70. The molecule has 0 saturated heterocycles. The molecule has 6 heteroatoms. The van der Waals surface area contributed by atoms with Gasteiger partial charge in [-0.1, -0.05) is 0 Å². The van der Waals surface area contributed by atoms with E-state index < -0.39 is 5.97 Å². The lowest BCUT2D eigenvalue weighted by molar-refractivity contribution is 0.0696. The number of aromatic carboxylic acids is 1. The van der Waals surface area contributed by atoms with Gasteiger partial charge >= 0.3 is 5.97 Å². The van der Waals surface area contributed by atoms with Gasteiger partial charge in [0.1, 0.15) is 0 Å². The summed E-state index contributed by atoms with van der Waals surface area (Å²) in [7, 11) is 0. The Labute approximate surface area is 97.8 Å². The highest BCUT2D eigenvalue weighted by molar-refractivity contribution is 9.11. The fraction of sp³-hybridized carbons (Fsp3) is 0. The third-order valence-corrected chi connectivity index (χ3v) is 3.31. The number of aromatic nitrogens is 2. The molecule has 76 valence electrons. The summed E-state index contributed by atoms with van der Waals surface area (Å²) in [5.41, 5.74) is 0.0920. The lowest BCUT2D eigenvalue weighted by atomic mass is 10.3. The van der Waals surface area contributed by atoms with Crippen LogP contribution >= 0.6 is 27.3 Å². The summed E-state index contributed by atoms with van der Waals surface area (Å²) in [4.78, 5) is 19.4. The number of thiophene rings is 1. The Kier molecular flexibility index (Phi) is 2.79. The van der Waals surface area contributed by atoms with Crippen molar-refractivity contribution in [3.05, 3.63) is 33.9 Å². The van der Waals surface area contributed by atoms with Crippen molar-refractivity contribution in [1.82, 2.24) is 9.97 Å². The van der Waals surface area contributed by atoms with Crippen LogP contribution in [0.5, 0.6) is 0 Å². The number of carbonyl (C=O) groups is 1. The minimum Gasteiger partial charge on any atom is -0.478 e. The molecule has 2 heterocycles. The predicted octanol–water partition coefficient (Wildman–Crippen LogP) is 2.67. The Morgan fingerprint density at radius 3 is 2.47 bits per heavy atom. The zero-order chi connectivity index (χ0) is 10.8. The van der Waals surface area contributed by atoms with Gasteiger partial charge in [-0.2, -0.15) is 0 Å². The van der Waals surface area contributed by atoms with Crippen molar-refractivity contribution >= 4 is 33.2 Å². The second kappa shape index (κ2) is 4.08. The van der Waals surface area contributed by atoms with Crippen LogP contribution in [0, 0.1) is 0 Å². The highest BCUT2D eigenvalue weighted by Crippen LogP contribution is 2.28. The molecule has 0 atom stereocenters. The number of carboxylic acid groups (broad SMARTS) is 1. The molecular weight excluding hydrogens is 280 g/mol. The van der Waals surface area contributed by atoms with E-state index in [2.05, 4.69) is 25.9 Å². The zero-order valence-corrected chi connectivity index (χ0v) is 9.75. The van der Waals surface area contributed by atoms with Crippen LogP contribution in [-0.4, -0.2) is 21.0 Å². The van der Waals surface area contributed by atoms with Gasteiger partial charge in [-0.05, 0) is 28.1 Å². The van der Waals surface area contributed by atoms with Gasteiger partial charge in [-0.15, -0.1) is 11.3 Å². The number of rotatable bonds is 2. The van der Waals surface area contributed by atoms with Crippen molar-refractivity contribution in [2.75, 3.05) is 0 Å². The maximum Gasteiger partial charge on any atom is 0.338 e. The Balaban J connectivity index is 2.35. The Morgan fingerprint density at radius 2 is 2.00 bits per heavy atom. The fourth-order valence-electron chi connectivity index (χ4n) is 1.00. The molecule has 1 N–H and O–H groups in total.